The third-order valence-electron chi connectivity index (χ3n) is 4.70. The Balaban J connectivity index is 2.04. The Morgan fingerprint density at radius 1 is 1.15 bits per heavy atom. The maximum absolute atomic E-state index is 12.8. The summed E-state index contributed by atoms with van der Waals surface area (Å²) in [6.07, 6.45) is 7.27. The molecule has 0 N–H and O–H groups in total. The Morgan fingerprint density at radius 2 is 1.96 bits per heavy atom. The van der Waals surface area contributed by atoms with Crippen LogP contribution in [0.3, 0.4) is 0 Å². The Kier molecular flexibility index (Phi) is 8.93. The van der Waals surface area contributed by atoms with Crippen molar-refractivity contribution in [2.24, 2.45) is 5.92 Å². The van der Waals surface area contributed by atoms with Gasteiger partial charge in [-0.3, -0.25) is 4.79 Å². The fraction of sp³-hybridized carbons (Fsp3) is 0.522. The molecule has 1 amide bonds. The minimum absolute atomic E-state index is 0.273. The molecule has 148 valence electrons. The molecular formula is C23H33ClN2O. The zero-order valence-corrected chi connectivity index (χ0v) is 17.7. The van der Waals surface area contributed by atoms with Crippen LogP contribution in [-0.4, -0.2) is 21.9 Å². The molecular weight excluding hydrogens is 356 g/mol. The molecule has 2 rings (SSSR count). The first-order valence-corrected chi connectivity index (χ1v) is 10.5. The Bertz CT molecular complexity index is 708. The van der Waals surface area contributed by atoms with Gasteiger partial charge in [-0.25, -0.2) is 0 Å². The van der Waals surface area contributed by atoms with Crippen molar-refractivity contribution in [2.75, 3.05) is 6.54 Å². The van der Waals surface area contributed by atoms with Crippen LogP contribution in [-0.2, 0) is 17.9 Å². The Morgan fingerprint density at radius 3 is 2.67 bits per heavy atom. The van der Waals surface area contributed by atoms with E-state index in [-0.39, 0.29) is 5.91 Å². The first-order chi connectivity index (χ1) is 13.0. The van der Waals surface area contributed by atoms with E-state index in [1.165, 1.54) is 18.4 Å². The molecule has 0 unspecified atom stereocenters. The number of rotatable bonds is 11. The number of carbonyl (C=O) groups excluding carboxylic acids is 1. The number of carbonyl (C=O) groups is 1. The van der Waals surface area contributed by atoms with Crippen molar-refractivity contribution in [2.45, 2.75) is 66.0 Å². The molecule has 0 fully saturated rings. The summed E-state index contributed by atoms with van der Waals surface area (Å²) in [6, 6.07) is 12.1. The summed E-state index contributed by atoms with van der Waals surface area (Å²) < 4.78 is 2.21. The van der Waals surface area contributed by atoms with Crippen LogP contribution in [0.4, 0.5) is 0 Å². The molecule has 0 radical (unpaired) electrons. The number of nitrogens with zero attached hydrogens (tertiary/aromatic N) is 2. The smallest absolute Gasteiger partial charge is 0.222 e. The highest BCUT2D eigenvalue weighted by Crippen LogP contribution is 2.16. The maximum Gasteiger partial charge on any atom is 0.222 e. The Hall–Kier alpha value is -1.74. The zero-order valence-electron chi connectivity index (χ0n) is 17.0. The SMILES string of the molecule is CCCCCCC(=O)N(Cc1cccn1Cc1cccc(Cl)c1)CC(C)C. The molecule has 0 saturated carbocycles. The minimum Gasteiger partial charge on any atom is -0.345 e. The predicted molar refractivity (Wildman–Crippen MR) is 114 cm³/mol. The lowest BCUT2D eigenvalue weighted by Gasteiger charge is -2.25. The van der Waals surface area contributed by atoms with Gasteiger partial charge in [-0.05, 0) is 42.2 Å². The van der Waals surface area contributed by atoms with Crippen molar-refractivity contribution in [3.63, 3.8) is 0 Å². The van der Waals surface area contributed by atoms with Crippen molar-refractivity contribution in [1.82, 2.24) is 9.47 Å². The molecule has 0 aliphatic carbocycles. The summed E-state index contributed by atoms with van der Waals surface area (Å²) in [6.45, 7) is 8.77. The summed E-state index contributed by atoms with van der Waals surface area (Å²) in [5.74, 6) is 0.733. The Labute approximate surface area is 169 Å². The molecule has 1 aromatic heterocycles. The van der Waals surface area contributed by atoms with Crippen molar-refractivity contribution >= 4 is 17.5 Å². The standard InChI is InChI=1S/C23H33ClN2O/c1-4-5-6-7-13-23(27)26(16-19(2)3)18-22-12-9-14-25(22)17-20-10-8-11-21(24)15-20/h8-12,14-15,19H,4-7,13,16-18H2,1-3H3. The van der Waals surface area contributed by atoms with Crippen molar-refractivity contribution in [3.8, 4) is 0 Å². The second-order valence-corrected chi connectivity index (χ2v) is 8.17. The van der Waals surface area contributed by atoms with Gasteiger partial charge in [0.15, 0.2) is 0 Å². The molecule has 0 bridgehead atoms. The quantitative estimate of drug-likeness (QED) is 0.424. The second kappa shape index (κ2) is 11.2. The van der Waals surface area contributed by atoms with Gasteiger partial charge in [0.05, 0.1) is 6.54 Å². The van der Waals surface area contributed by atoms with Crippen LogP contribution < -0.4 is 0 Å². The summed E-state index contributed by atoms with van der Waals surface area (Å²) >= 11 is 6.12. The number of hydrogen-bond acceptors (Lipinski definition) is 1. The molecule has 0 saturated heterocycles. The van der Waals surface area contributed by atoms with Gasteiger partial charge in [-0.1, -0.05) is 63.8 Å². The van der Waals surface area contributed by atoms with E-state index >= 15 is 0 Å². The molecule has 4 heteroatoms. The third kappa shape index (κ3) is 7.42. The second-order valence-electron chi connectivity index (χ2n) is 7.74. The van der Waals surface area contributed by atoms with E-state index in [9.17, 15) is 4.79 Å². The van der Waals surface area contributed by atoms with E-state index in [0.717, 1.165) is 36.6 Å². The fourth-order valence-electron chi connectivity index (χ4n) is 3.33. The molecule has 3 nitrogen and oxygen atoms in total. The van der Waals surface area contributed by atoms with Crippen molar-refractivity contribution in [1.29, 1.82) is 0 Å². The van der Waals surface area contributed by atoms with E-state index in [1.54, 1.807) is 0 Å². The number of aromatic nitrogens is 1. The maximum atomic E-state index is 12.8. The molecule has 1 aromatic carbocycles. The van der Waals surface area contributed by atoms with Crippen molar-refractivity contribution < 1.29 is 4.79 Å². The van der Waals surface area contributed by atoms with Gasteiger partial charge in [0.25, 0.3) is 0 Å². The average molecular weight is 389 g/mol. The summed E-state index contributed by atoms with van der Waals surface area (Å²) in [7, 11) is 0. The van der Waals surface area contributed by atoms with Crippen LogP contribution in [0.2, 0.25) is 5.02 Å². The predicted octanol–water partition coefficient (Wildman–Crippen LogP) is 6.14. The van der Waals surface area contributed by atoms with Gasteiger partial charge in [0.2, 0.25) is 5.91 Å². The van der Waals surface area contributed by atoms with E-state index in [0.29, 0.717) is 18.9 Å². The van der Waals surface area contributed by atoms with Crippen LogP contribution in [0.1, 0.15) is 64.1 Å². The minimum atomic E-state index is 0.273. The lowest BCUT2D eigenvalue weighted by Crippen LogP contribution is -2.34. The monoisotopic (exact) mass is 388 g/mol. The van der Waals surface area contributed by atoms with E-state index in [1.807, 2.05) is 23.1 Å². The zero-order chi connectivity index (χ0) is 19.6. The first-order valence-electron chi connectivity index (χ1n) is 10.2. The summed E-state index contributed by atoms with van der Waals surface area (Å²) in [4.78, 5) is 14.8. The summed E-state index contributed by atoms with van der Waals surface area (Å²) in [5, 5.41) is 0.755. The molecule has 1 heterocycles. The van der Waals surface area contributed by atoms with Gasteiger partial charge < -0.3 is 9.47 Å². The first kappa shape index (κ1) is 21.6. The topological polar surface area (TPSA) is 25.2 Å². The van der Waals surface area contributed by atoms with Gasteiger partial charge in [0, 0.05) is 36.4 Å². The van der Waals surface area contributed by atoms with Gasteiger partial charge in [-0.15, -0.1) is 0 Å². The molecule has 27 heavy (non-hydrogen) atoms. The largest absolute Gasteiger partial charge is 0.345 e. The van der Waals surface area contributed by atoms with Crippen LogP contribution >= 0.6 is 11.6 Å². The van der Waals surface area contributed by atoms with Crippen LogP contribution in [0.15, 0.2) is 42.6 Å². The van der Waals surface area contributed by atoms with Crippen molar-refractivity contribution in [3.05, 3.63) is 58.9 Å². The highest BCUT2D eigenvalue weighted by Gasteiger charge is 2.16. The third-order valence-corrected chi connectivity index (χ3v) is 4.94. The molecule has 0 spiro atoms. The van der Waals surface area contributed by atoms with Crippen LogP contribution in [0, 0.1) is 5.92 Å². The molecule has 0 aliphatic heterocycles. The summed E-state index contributed by atoms with van der Waals surface area (Å²) in [5.41, 5.74) is 2.33. The lowest BCUT2D eigenvalue weighted by atomic mass is 10.1. The van der Waals surface area contributed by atoms with Crippen LogP contribution in [0.25, 0.3) is 0 Å². The normalized spacial score (nSPS) is 11.1. The van der Waals surface area contributed by atoms with Gasteiger partial charge in [0.1, 0.15) is 0 Å². The highest BCUT2D eigenvalue weighted by atomic mass is 35.5. The van der Waals surface area contributed by atoms with E-state index < -0.39 is 0 Å². The van der Waals surface area contributed by atoms with Gasteiger partial charge >= 0.3 is 0 Å². The molecule has 0 aliphatic rings. The highest BCUT2D eigenvalue weighted by molar-refractivity contribution is 6.30. The molecule has 2 aromatic rings. The number of amides is 1. The van der Waals surface area contributed by atoms with E-state index in [4.69, 9.17) is 11.6 Å². The van der Waals surface area contributed by atoms with Crippen LogP contribution in [0.5, 0.6) is 0 Å². The average Bonchev–Trinajstić information content (AvgIpc) is 3.04. The molecule has 0 atom stereocenters. The van der Waals surface area contributed by atoms with E-state index in [2.05, 4.69) is 49.7 Å². The number of benzene rings is 1. The number of hydrogen-bond donors (Lipinski definition) is 0. The number of halogens is 1. The lowest BCUT2D eigenvalue weighted by molar-refractivity contribution is -0.132. The van der Waals surface area contributed by atoms with Gasteiger partial charge in [-0.2, -0.15) is 0 Å². The fourth-order valence-corrected chi connectivity index (χ4v) is 3.54. The number of unbranched alkanes of at least 4 members (excludes halogenated alkanes) is 3.